The average Bonchev–Trinajstić information content (AvgIpc) is 2.70. The molecular weight excluding hydrogens is 264 g/mol. The van der Waals surface area contributed by atoms with Crippen molar-refractivity contribution in [2.24, 2.45) is 0 Å². The van der Waals surface area contributed by atoms with E-state index in [4.69, 9.17) is 9.47 Å². The van der Waals surface area contributed by atoms with Crippen molar-refractivity contribution in [3.8, 4) is 0 Å². The highest BCUT2D eigenvalue weighted by atomic mass is 16.7. The molecule has 0 bridgehead atoms. The fraction of sp³-hybridized carbons (Fsp3) is 0.500. The maximum absolute atomic E-state index is 12.0. The quantitative estimate of drug-likeness (QED) is 0.650. The molecule has 6 heteroatoms. The Morgan fingerprint density at radius 2 is 1.95 bits per heavy atom. The smallest absolute Gasteiger partial charge is 0.338 e. The molecule has 1 saturated heterocycles. The van der Waals surface area contributed by atoms with Gasteiger partial charge in [-0.25, -0.2) is 4.79 Å². The second-order valence-electron chi connectivity index (χ2n) is 5.20. The predicted octanol–water partition coefficient (Wildman–Crippen LogP) is -0.185. The lowest BCUT2D eigenvalue weighted by atomic mass is 9.72. The number of aliphatic hydroxyl groups excluding tert-OH is 3. The first-order chi connectivity index (χ1) is 9.54. The van der Waals surface area contributed by atoms with Gasteiger partial charge in [0.2, 0.25) is 0 Å². The number of carbonyl (C=O) groups excluding carboxylic acids is 1. The van der Waals surface area contributed by atoms with E-state index in [9.17, 15) is 20.1 Å². The van der Waals surface area contributed by atoms with Gasteiger partial charge in [-0.2, -0.15) is 0 Å². The van der Waals surface area contributed by atoms with Crippen molar-refractivity contribution in [3.05, 3.63) is 35.9 Å². The Hall–Kier alpha value is -1.47. The lowest BCUT2D eigenvalue weighted by molar-refractivity contribution is -0.235. The van der Waals surface area contributed by atoms with E-state index < -0.39 is 36.2 Å². The van der Waals surface area contributed by atoms with E-state index in [0.29, 0.717) is 18.4 Å². The van der Waals surface area contributed by atoms with Gasteiger partial charge in [0.1, 0.15) is 23.9 Å². The van der Waals surface area contributed by atoms with Crippen molar-refractivity contribution in [2.75, 3.05) is 0 Å². The number of hydrogen-bond acceptors (Lipinski definition) is 6. The molecule has 5 atom stereocenters. The summed E-state index contributed by atoms with van der Waals surface area (Å²) in [6.07, 6.45) is -3.82. The fourth-order valence-corrected chi connectivity index (χ4v) is 2.76. The molecule has 1 heterocycles. The van der Waals surface area contributed by atoms with Gasteiger partial charge in [-0.15, -0.1) is 0 Å². The Labute approximate surface area is 115 Å². The number of benzene rings is 1. The SMILES string of the molecule is O=C(O[C@@H]1CC[C@]12OC(O)C(O)[C@H]2O)c1ccccc1. The lowest BCUT2D eigenvalue weighted by Gasteiger charge is -2.46. The van der Waals surface area contributed by atoms with Crippen molar-refractivity contribution < 1.29 is 29.6 Å². The highest BCUT2D eigenvalue weighted by molar-refractivity contribution is 5.89. The van der Waals surface area contributed by atoms with Crippen LogP contribution in [0.25, 0.3) is 0 Å². The van der Waals surface area contributed by atoms with Gasteiger partial charge in [0.05, 0.1) is 5.56 Å². The van der Waals surface area contributed by atoms with Crippen molar-refractivity contribution in [3.63, 3.8) is 0 Å². The number of ether oxygens (including phenoxy) is 2. The third-order valence-corrected chi connectivity index (χ3v) is 4.06. The standard InChI is InChI=1S/C14H16O6/c15-10-11(16)14(20-13(10)18)7-6-9(14)19-12(17)8-4-2-1-3-5-8/h1-5,9-11,13,15-16,18H,6-7H2/t9-,10?,11-,13?,14+/m1/s1. The topological polar surface area (TPSA) is 96.2 Å². The molecule has 2 unspecified atom stereocenters. The van der Waals surface area contributed by atoms with Crippen LogP contribution < -0.4 is 0 Å². The number of hydrogen-bond donors (Lipinski definition) is 3. The van der Waals surface area contributed by atoms with Crippen LogP contribution in [0.4, 0.5) is 0 Å². The molecule has 1 aromatic rings. The molecule has 20 heavy (non-hydrogen) atoms. The largest absolute Gasteiger partial charge is 0.456 e. The molecule has 0 radical (unpaired) electrons. The maximum Gasteiger partial charge on any atom is 0.338 e. The lowest BCUT2D eigenvalue weighted by Crippen LogP contribution is -2.61. The van der Waals surface area contributed by atoms with Crippen LogP contribution in [0.15, 0.2) is 30.3 Å². The molecule has 1 aliphatic heterocycles. The van der Waals surface area contributed by atoms with Gasteiger partial charge in [-0.3, -0.25) is 0 Å². The third-order valence-electron chi connectivity index (χ3n) is 4.06. The van der Waals surface area contributed by atoms with Gasteiger partial charge in [-0.1, -0.05) is 18.2 Å². The van der Waals surface area contributed by atoms with Gasteiger partial charge < -0.3 is 24.8 Å². The van der Waals surface area contributed by atoms with Crippen molar-refractivity contribution in [2.45, 2.75) is 43.0 Å². The molecule has 108 valence electrons. The minimum atomic E-state index is -1.46. The summed E-state index contributed by atoms with van der Waals surface area (Å²) in [5.74, 6) is -0.513. The van der Waals surface area contributed by atoms with Crippen LogP contribution in [0, 0.1) is 0 Å². The summed E-state index contributed by atoms with van der Waals surface area (Å²) in [6.45, 7) is 0. The summed E-state index contributed by atoms with van der Waals surface area (Å²) < 4.78 is 10.6. The molecule has 1 aromatic carbocycles. The molecule has 1 spiro atoms. The minimum Gasteiger partial charge on any atom is -0.456 e. The van der Waals surface area contributed by atoms with Crippen LogP contribution in [0.2, 0.25) is 0 Å². The van der Waals surface area contributed by atoms with Gasteiger partial charge in [-0.05, 0) is 25.0 Å². The van der Waals surface area contributed by atoms with Crippen molar-refractivity contribution >= 4 is 5.97 Å². The molecule has 3 N–H and O–H groups in total. The zero-order valence-electron chi connectivity index (χ0n) is 10.7. The molecule has 6 nitrogen and oxygen atoms in total. The van der Waals surface area contributed by atoms with E-state index >= 15 is 0 Å². The van der Waals surface area contributed by atoms with Crippen LogP contribution in [0.5, 0.6) is 0 Å². The minimum absolute atomic E-state index is 0.406. The number of carbonyl (C=O) groups is 1. The van der Waals surface area contributed by atoms with Crippen LogP contribution in [-0.2, 0) is 9.47 Å². The Morgan fingerprint density at radius 3 is 2.45 bits per heavy atom. The second kappa shape index (κ2) is 4.82. The zero-order chi connectivity index (χ0) is 14.3. The summed E-state index contributed by atoms with van der Waals surface area (Å²) in [5.41, 5.74) is -0.786. The summed E-state index contributed by atoms with van der Waals surface area (Å²) >= 11 is 0. The molecule has 0 aromatic heterocycles. The first-order valence-electron chi connectivity index (χ1n) is 6.52. The number of rotatable bonds is 2. The number of esters is 1. The van der Waals surface area contributed by atoms with Gasteiger partial charge in [0.25, 0.3) is 0 Å². The van der Waals surface area contributed by atoms with Crippen LogP contribution in [0.3, 0.4) is 0 Å². The molecular formula is C14H16O6. The highest BCUT2D eigenvalue weighted by Gasteiger charge is 2.64. The molecule has 3 rings (SSSR count). The Morgan fingerprint density at radius 1 is 1.25 bits per heavy atom. The van der Waals surface area contributed by atoms with Gasteiger partial charge >= 0.3 is 5.97 Å². The van der Waals surface area contributed by atoms with Crippen LogP contribution in [-0.4, -0.2) is 51.5 Å². The Bertz CT molecular complexity index is 504. The molecule has 0 amide bonds. The predicted molar refractivity (Wildman–Crippen MR) is 66.7 cm³/mol. The average molecular weight is 280 g/mol. The van der Waals surface area contributed by atoms with Crippen LogP contribution in [0.1, 0.15) is 23.2 Å². The van der Waals surface area contributed by atoms with E-state index in [1.807, 2.05) is 0 Å². The second-order valence-corrected chi connectivity index (χ2v) is 5.20. The molecule has 1 saturated carbocycles. The highest BCUT2D eigenvalue weighted by Crippen LogP contribution is 2.47. The molecule has 1 aliphatic carbocycles. The fourth-order valence-electron chi connectivity index (χ4n) is 2.76. The van der Waals surface area contributed by atoms with E-state index in [-0.39, 0.29) is 0 Å². The Kier molecular flexibility index (Phi) is 3.25. The molecule has 2 fully saturated rings. The summed E-state index contributed by atoms with van der Waals surface area (Å²) in [5, 5.41) is 29.0. The van der Waals surface area contributed by atoms with E-state index in [1.165, 1.54) is 0 Å². The Balaban J connectivity index is 1.72. The maximum atomic E-state index is 12.0. The first kappa shape index (κ1) is 13.5. The van der Waals surface area contributed by atoms with Crippen LogP contribution >= 0.6 is 0 Å². The van der Waals surface area contributed by atoms with E-state index in [1.54, 1.807) is 30.3 Å². The van der Waals surface area contributed by atoms with Crippen molar-refractivity contribution in [1.82, 2.24) is 0 Å². The zero-order valence-corrected chi connectivity index (χ0v) is 10.7. The first-order valence-corrected chi connectivity index (χ1v) is 6.52. The monoisotopic (exact) mass is 280 g/mol. The van der Waals surface area contributed by atoms with E-state index in [2.05, 4.69) is 0 Å². The summed E-state index contributed by atoms with van der Waals surface area (Å²) in [4.78, 5) is 12.0. The summed E-state index contributed by atoms with van der Waals surface area (Å²) in [6, 6.07) is 8.49. The van der Waals surface area contributed by atoms with Gasteiger partial charge in [0, 0.05) is 0 Å². The normalized spacial score (nSPS) is 39.5. The number of aliphatic hydroxyl groups is 3. The third kappa shape index (κ3) is 1.92. The van der Waals surface area contributed by atoms with Crippen molar-refractivity contribution in [1.29, 1.82) is 0 Å². The van der Waals surface area contributed by atoms with E-state index in [0.717, 1.165) is 0 Å². The molecule has 2 aliphatic rings. The van der Waals surface area contributed by atoms with Gasteiger partial charge in [0.15, 0.2) is 6.29 Å². The summed E-state index contributed by atoms with van der Waals surface area (Å²) in [7, 11) is 0.